The lowest BCUT2D eigenvalue weighted by Crippen LogP contribution is -2.17. The van der Waals surface area contributed by atoms with E-state index in [-0.39, 0.29) is 5.91 Å². The fourth-order valence-electron chi connectivity index (χ4n) is 2.59. The first kappa shape index (κ1) is 18.2. The van der Waals surface area contributed by atoms with Crippen molar-refractivity contribution in [3.05, 3.63) is 83.9 Å². The molecule has 0 aliphatic carbocycles. The number of hydrogen-bond acceptors (Lipinski definition) is 4. The van der Waals surface area contributed by atoms with Crippen LogP contribution in [0.3, 0.4) is 0 Å². The summed E-state index contributed by atoms with van der Waals surface area (Å²) >= 11 is 0. The molecule has 0 saturated carbocycles. The predicted molar refractivity (Wildman–Crippen MR) is 106 cm³/mol. The van der Waals surface area contributed by atoms with Gasteiger partial charge in [-0.2, -0.15) is 5.10 Å². The molecule has 0 bridgehead atoms. The molecule has 0 unspecified atom stereocenters. The fraction of sp³-hybridized carbons (Fsp3) is 0.0909. The molecule has 136 valence electrons. The standard InChI is InChI=1S/C22H20N2O3/c1-26-20-13-12-19(21(14-20)27-2)15-23-24-22(25)18-10-8-17(9-11-18)16-6-4-3-5-7-16/h3-15H,1-2H3,(H,24,25)/b23-15-. The quantitative estimate of drug-likeness (QED) is 0.531. The van der Waals surface area contributed by atoms with E-state index < -0.39 is 0 Å². The molecule has 0 aliphatic rings. The fourth-order valence-corrected chi connectivity index (χ4v) is 2.59. The van der Waals surface area contributed by atoms with Crippen molar-refractivity contribution in [2.45, 2.75) is 0 Å². The number of benzene rings is 3. The molecule has 5 nitrogen and oxygen atoms in total. The highest BCUT2D eigenvalue weighted by Crippen LogP contribution is 2.23. The van der Waals surface area contributed by atoms with Crippen molar-refractivity contribution >= 4 is 12.1 Å². The summed E-state index contributed by atoms with van der Waals surface area (Å²) in [5, 5.41) is 4.02. The van der Waals surface area contributed by atoms with Crippen LogP contribution in [0, 0.1) is 0 Å². The minimum atomic E-state index is -0.279. The van der Waals surface area contributed by atoms with E-state index in [0.29, 0.717) is 17.1 Å². The highest BCUT2D eigenvalue weighted by molar-refractivity contribution is 5.95. The van der Waals surface area contributed by atoms with Crippen molar-refractivity contribution in [1.29, 1.82) is 0 Å². The maximum atomic E-state index is 12.3. The molecule has 0 spiro atoms. The molecule has 0 atom stereocenters. The lowest BCUT2D eigenvalue weighted by Gasteiger charge is -2.07. The van der Waals surface area contributed by atoms with Gasteiger partial charge in [-0.3, -0.25) is 4.79 Å². The number of hydrazone groups is 1. The van der Waals surface area contributed by atoms with Crippen molar-refractivity contribution in [2.24, 2.45) is 5.10 Å². The van der Waals surface area contributed by atoms with Crippen molar-refractivity contribution in [3.63, 3.8) is 0 Å². The van der Waals surface area contributed by atoms with Crippen molar-refractivity contribution < 1.29 is 14.3 Å². The van der Waals surface area contributed by atoms with E-state index in [4.69, 9.17) is 9.47 Å². The van der Waals surface area contributed by atoms with E-state index >= 15 is 0 Å². The van der Waals surface area contributed by atoms with Gasteiger partial charge in [0.05, 0.1) is 20.4 Å². The van der Waals surface area contributed by atoms with E-state index in [0.717, 1.165) is 16.7 Å². The zero-order valence-corrected chi connectivity index (χ0v) is 15.2. The number of carbonyl (C=O) groups excluding carboxylic acids is 1. The van der Waals surface area contributed by atoms with Crippen LogP contribution < -0.4 is 14.9 Å². The maximum absolute atomic E-state index is 12.3. The van der Waals surface area contributed by atoms with Crippen LogP contribution in [0.25, 0.3) is 11.1 Å². The van der Waals surface area contributed by atoms with Gasteiger partial charge in [0.15, 0.2) is 0 Å². The summed E-state index contributed by atoms with van der Waals surface area (Å²) in [6, 6.07) is 22.8. The molecule has 0 radical (unpaired) electrons. The van der Waals surface area contributed by atoms with Gasteiger partial charge in [-0.1, -0.05) is 42.5 Å². The lowest BCUT2D eigenvalue weighted by atomic mass is 10.0. The smallest absolute Gasteiger partial charge is 0.271 e. The third-order valence-electron chi connectivity index (χ3n) is 4.06. The highest BCUT2D eigenvalue weighted by atomic mass is 16.5. The summed E-state index contributed by atoms with van der Waals surface area (Å²) in [4.78, 5) is 12.3. The Morgan fingerprint density at radius 2 is 1.59 bits per heavy atom. The zero-order chi connectivity index (χ0) is 19.1. The van der Waals surface area contributed by atoms with Gasteiger partial charge in [-0.15, -0.1) is 0 Å². The van der Waals surface area contributed by atoms with Crippen LogP contribution in [0.4, 0.5) is 0 Å². The monoisotopic (exact) mass is 360 g/mol. The molecule has 0 heterocycles. The van der Waals surface area contributed by atoms with Gasteiger partial charge in [0, 0.05) is 17.2 Å². The van der Waals surface area contributed by atoms with Crippen LogP contribution in [0.15, 0.2) is 77.9 Å². The van der Waals surface area contributed by atoms with Gasteiger partial charge in [0.1, 0.15) is 11.5 Å². The molecule has 5 heteroatoms. The molecule has 3 rings (SSSR count). The van der Waals surface area contributed by atoms with E-state index in [1.165, 1.54) is 6.21 Å². The van der Waals surface area contributed by atoms with Crippen molar-refractivity contribution in [3.8, 4) is 22.6 Å². The molecule has 0 aromatic heterocycles. The summed E-state index contributed by atoms with van der Waals surface area (Å²) in [7, 11) is 3.16. The van der Waals surface area contributed by atoms with Crippen LogP contribution in [0.2, 0.25) is 0 Å². The number of rotatable bonds is 6. The van der Waals surface area contributed by atoms with Crippen LogP contribution in [-0.4, -0.2) is 26.3 Å². The minimum absolute atomic E-state index is 0.279. The largest absolute Gasteiger partial charge is 0.497 e. The van der Waals surface area contributed by atoms with Gasteiger partial charge < -0.3 is 9.47 Å². The number of carbonyl (C=O) groups is 1. The van der Waals surface area contributed by atoms with Gasteiger partial charge in [0.2, 0.25) is 0 Å². The van der Waals surface area contributed by atoms with Crippen LogP contribution in [0.1, 0.15) is 15.9 Å². The molecular weight excluding hydrogens is 340 g/mol. The Morgan fingerprint density at radius 3 is 2.26 bits per heavy atom. The number of methoxy groups -OCH3 is 2. The van der Waals surface area contributed by atoms with Gasteiger partial charge >= 0.3 is 0 Å². The number of nitrogens with zero attached hydrogens (tertiary/aromatic N) is 1. The number of ether oxygens (including phenoxy) is 2. The average molecular weight is 360 g/mol. The maximum Gasteiger partial charge on any atom is 0.271 e. The van der Waals surface area contributed by atoms with Crippen LogP contribution >= 0.6 is 0 Å². The summed E-state index contributed by atoms with van der Waals surface area (Å²) in [6.45, 7) is 0. The summed E-state index contributed by atoms with van der Waals surface area (Å²) in [5.41, 5.74) is 5.96. The number of hydrogen-bond donors (Lipinski definition) is 1. The lowest BCUT2D eigenvalue weighted by molar-refractivity contribution is 0.0955. The summed E-state index contributed by atoms with van der Waals surface area (Å²) in [6.07, 6.45) is 1.54. The number of nitrogens with one attached hydrogen (secondary N) is 1. The van der Waals surface area contributed by atoms with Crippen molar-refractivity contribution in [2.75, 3.05) is 14.2 Å². The predicted octanol–water partition coefficient (Wildman–Crippen LogP) is 4.13. The first-order valence-electron chi connectivity index (χ1n) is 8.42. The topological polar surface area (TPSA) is 59.9 Å². The number of amides is 1. The Bertz CT molecular complexity index is 936. The van der Waals surface area contributed by atoms with E-state index in [1.54, 1.807) is 38.5 Å². The summed E-state index contributed by atoms with van der Waals surface area (Å²) < 4.78 is 10.5. The average Bonchev–Trinajstić information content (AvgIpc) is 2.74. The molecule has 0 saturated heterocycles. The van der Waals surface area contributed by atoms with Crippen LogP contribution in [-0.2, 0) is 0 Å². The third-order valence-corrected chi connectivity index (χ3v) is 4.06. The second kappa shape index (κ2) is 8.67. The first-order chi connectivity index (χ1) is 13.2. The molecule has 0 fully saturated rings. The second-order valence-electron chi connectivity index (χ2n) is 5.75. The van der Waals surface area contributed by atoms with Crippen molar-refractivity contribution in [1.82, 2.24) is 5.43 Å². The molecule has 27 heavy (non-hydrogen) atoms. The summed E-state index contributed by atoms with van der Waals surface area (Å²) in [5.74, 6) is 1.02. The molecule has 0 aliphatic heterocycles. The first-order valence-corrected chi connectivity index (χ1v) is 8.42. The highest BCUT2D eigenvalue weighted by Gasteiger charge is 2.06. The van der Waals surface area contributed by atoms with E-state index in [9.17, 15) is 4.79 Å². The second-order valence-corrected chi connectivity index (χ2v) is 5.75. The van der Waals surface area contributed by atoms with Gasteiger partial charge in [0.25, 0.3) is 5.91 Å². The Hall–Kier alpha value is -3.60. The Kier molecular flexibility index (Phi) is 5.84. The van der Waals surface area contributed by atoms with E-state index in [2.05, 4.69) is 10.5 Å². The SMILES string of the molecule is COc1ccc(/C=N\NC(=O)c2ccc(-c3ccccc3)cc2)c(OC)c1. The molecule has 1 amide bonds. The van der Waals surface area contributed by atoms with Crippen LogP contribution in [0.5, 0.6) is 11.5 Å². The Balaban J connectivity index is 1.66. The molecule has 3 aromatic rings. The van der Waals surface area contributed by atoms with Gasteiger partial charge in [-0.25, -0.2) is 5.43 Å². The Morgan fingerprint density at radius 1 is 0.889 bits per heavy atom. The third kappa shape index (κ3) is 4.52. The molecule has 3 aromatic carbocycles. The molecule has 1 N–H and O–H groups in total. The van der Waals surface area contributed by atoms with Gasteiger partial charge in [-0.05, 0) is 35.4 Å². The Labute approximate surface area is 158 Å². The normalized spacial score (nSPS) is 10.6. The zero-order valence-electron chi connectivity index (χ0n) is 15.2. The van der Waals surface area contributed by atoms with E-state index in [1.807, 2.05) is 48.5 Å². The minimum Gasteiger partial charge on any atom is -0.497 e. The molecular formula is C22H20N2O3.